The monoisotopic (exact) mass is 327 g/mol. The van der Waals surface area contributed by atoms with Crippen molar-refractivity contribution in [2.75, 3.05) is 18.8 Å². The molecule has 116 valence electrons. The molecule has 0 spiro atoms. The third kappa shape index (κ3) is 1.81. The number of nitrogens with zero attached hydrogens (tertiary/aromatic N) is 2. The normalized spacial score (nSPS) is 20.1. The molecule has 4 heterocycles. The molecular weight excluding hydrogens is 314 g/mol. The number of hydrogen-bond acceptors (Lipinski definition) is 6. The molecule has 7 heteroatoms. The Morgan fingerprint density at radius 3 is 3.09 bits per heavy atom. The molecule has 6 nitrogen and oxygen atoms in total. The lowest BCUT2D eigenvalue weighted by atomic mass is 10.1. The van der Waals surface area contributed by atoms with Crippen LogP contribution in [0.25, 0.3) is 27.8 Å². The van der Waals surface area contributed by atoms with Crippen molar-refractivity contribution in [3.8, 4) is 0 Å². The predicted octanol–water partition coefficient (Wildman–Crippen LogP) is 2.49. The van der Waals surface area contributed by atoms with E-state index in [0.717, 1.165) is 36.2 Å². The van der Waals surface area contributed by atoms with Gasteiger partial charge in [-0.15, -0.1) is 0 Å². The number of halogens is 1. The Bertz CT molecular complexity index is 993. The number of benzene rings is 1. The molecule has 1 atom stereocenters. The number of nitrogen functional groups attached to an aromatic ring is 1. The Morgan fingerprint density at radius 2 is 2.17 bits per heavy atom. The van der Waals surface area contributed by atoms with Gasteiger partial charge in [0.05, 0.1) is 5.70 Å². The van der Waals surface area contributed by atoms with Crippen molar-refractivity contribution in [2.24, 2.45) is 5.92 Å². The maximum atomic E-state index is 6.11. The minimum absolute atomic E-state index is 0.228. The zero-order chi connectivity index (χ0) is 15.6. The zero-order valence-electron chi connectivity index (χ0n) is 12.2. The van der Waals surface area contributed by atoms with E-state index in [1.165, 1.54) is 5.70 Å². The number of aromatic nitrogens is 2. The first-order chi connectivity index (χ1) is 11.2. The average molecular weight is 328 g/mol. The highest BCUT2D eigenvalue weighted by atomic mass is 35.5. The summed E-state index contributed by atoms with van der Waals surface area (Å²) in [6.45, 7) is 1.90. The summed E-state index contributed by atoms with van der Waals surface area (Å²) in [5.74, 6) is 0.738. The Labute approximate surface area is 136 Å². The molecule has 2 aliphatic rings. The molecule has 0 bridgehead atoms. The number of nitrogens with two attached hydrogens (primary N) is 1. The van der Waals surface area contributed by atoms with Crippen molar-refractivity contribution in [1.82, 2.24) is 20.6 Å². The second kappa shape index (κ2) is 4.52. The van der Waals surface area contributed by atoms with Crippen LogP contribution in [0.1, 0.15) is 12.1 Å². The van der Waals surface area contributed by atoms with Gasteiger partial charge in [0.25, 0.3) is 0 Å². The molecule has 1 fully saturated rings. The molecule has 0 radical (unpaired) electrons. The Morgan fingerprint density at radius 1 is 1.26 bits per heavy atom. The van der Waals surface area contributed by atoms with Crippen molar-refractivity contribution < 1.29 is 4.42 Å². The van der Waals surface area contributed by atoms with Crippen molar-refractivity contribution >= 4 is 45.3 Å². The van der Waals surface area contributed by atoms with E-state index in [4.69, 9.17) is 21.8 Å². The Balaban J connectivity index is 1.85. The third-order valence-corrected chi connectivity index (χ3v) is 4.77. The van der Waals surface area contributed by atoms with Crippen LogP contribution in [0.5, 0.6) is 0 Å². The topological polar surface area (TPSA) is 89.0 Å². The number of hydrogen-bond donors (Lipinski definition) is 3. The molecule has 3 aromatic rings. The van der Waals surface area contributed by atoms with Crippen LogP contribution in [0.3, 0.4) is 0 Å². The largest absolute Gasteiger partial charge is 0.452 e. The van der Waals surface area contributed by atoms with E-state index in [0.29, 0.717) is 27.7 Å². The first-order valence-electron chi connectivity index (χ1n) is 7.58. The summed E-state index contributed by atoms with van der Waals surface area (Å²) in [7, 11) is 0. The molecule has 1 unspecified atom stereocenters. The molecule has 0 aliphatic carbocycles. The first-order valence-corrected chi connectivity index (χ1v) is 7.96. The van der Waals surface area contributed by atoms with Crippen molar-refractivity contribution in [3.05, 3.63) is 34.6 Å². The molecular formula is C16H14ClN5O. The summed E-state index contributed by atoms with van der Waals surface area (Å²) in [5, 5.41) is 8.37. The van der Waals surface area contributed by atoms with Gasteiger partial charge in [0.1, 0.15) is 16.8 Å². The summed E-state index contributed by atoms with van der Waals surface area (Å²) in [4.78, 5) is 8.81. The zero-order valence-corrected chi connectivity index (χ0v) is 12.9. The Hall–Kier alpha value is -2.47. The van der Waals surface area contributed by atoms with Gasteiger partial charge in [-0.1, -0.05) is 11.6 Å². The van der Waals surface area contributed by atoms with Gasteiger partial charge in [-0.25, -0.2) is 9.97 Å². The van der Waals surface area contributed by atoms with Crippen LogP contribution in [0.4, 0.5) is 5.95 Å². The minimum atomic E-state index is 0.228. The molecule has 1 aromatic carbocycles. The van der Waals surface area contributed by atoms with Crippen LogP contribution < -0.4 is 16.4 Å². The second-order valence-corrected chi connectivity index (χ2v) is 6.37. The van der Waals surface area contributed by atoms with Gasteiger partial charge in [-0.2, -0.15) is 0 Å². The van der Waals surface area contributed by atoms with Crippen LogP contribution in [-0.2, 0) is 0 Å². The van der Waals surface area contributed by atoms with Crippen molar-refractivity contribution in [3.63, 3.8) is 0 Å². The van der Waals surface area contributed by atoms with Crippen LogP contribution in [0.15, 0.2) is 28.3 Å². The highest BCUT2D eigenvalue weighted by molar-refractivity contribution is 6.31. The molecule has 23 heavy (non-hydrogen) atoms. The van der Waals surface area contributed by atoms with E-state index in [9.17, 15) is 0 Å². The molecule has 5 rings (SSSR count). The molecule has 2 aliphatic heterocycles. The minimum Gasteiger partial charge on any atom is -0.452 e. The number of furan rings is 1. The molecule has 1 saturated heterocycles. The van der Waals surface area contributed by atoms with Crippen LogP contribution >= 0.6 is 11.6 Å². The number of nitrogens with one attached hydrogen (secondary N) is 2. The number of anilines is 1. The smallest absolute Gasteiger partial charge is 0.221 e. The fourth-order valence-electron chi connectivity index (χ4n) is 3.50. The standard InChI is InChI=1S/C16H14ClN5O/c17-8-1-2-10-9(5-8)12-15(23-10)14(22-16(18)21-12)13-11-7(6-20-13)3-4-19-11/h1-2,5,7,19-20H,3-4,6H2,(H2,18,21,22). The average Bonchev–Trinajstić information content (AvgIpc) is 3.20. The fraction of sp³-hybridized carbons (Fsp3) is 0.250. The summed E-state index contributed by atoms with van der Waals surface area (Å²) in [6.07, 6.45) is 1.13. The number of fused-ring (bicyclic) bond motifs is 4. The van der Waals surface area contributed by atoms with Crippen LogP contribution in [0.2, 0.25) is 5.02 Å². The maximum Gasteiger partial charge on any atom is 0.221 e. The van der Waals surface area contributed by atoms with E-state index in [-0.39, 0.29) is 5.95 Å². The maximum absolute atomic E-state index is 6.11. The lowest BCUT2D eigenvalue weighted by Crippen LogP contribution is -2.14. The van der Waals surface area contributed by atoms with Gasteiger partial charge in [0.2, 0.25) is 5.95 Å². The lowest BCUT2D eigenvalue weighted by molar-refractivity contribution is 0.647. The lowest BCUT2D eigenvalue weighted by Gasteiger charge is -2.07. The summed E-state index contributed by atoms with van der Waals surface area (Å²) in [5.41, 5.74) is 10.9. The van der Waals surface area contributed by atoms with E-state index < -0.39 is 0 Å². The molecule has 4 N–H and O–H groups in total. The van der Waals surface area contributed by atoms with Crippen molar-refractivity contribution in [1.29, 1.82) is 0 Å². The highest BCUT2D eigenvalue weighted by Crippen LogP contribution is 2.37. The molecule has 0 saturated carbocycles. The summed E-state index contributed by atoms with van der Waals surface area (Å²) >= 11 is 6.11. The van der Waals surface area contributed by atoms with Gasteiger partial charge in [0.15, 0.2) is 5.58 Å². The second-order valence-electron chi connectivity index (χ2n) is 5.93. The predicted molar refractivity (Wildman–Crippen MR) is 89.8 cm³/mol. The SMILES string of the molecule is Nc1nc(C2=C3NCCC3CN2)c2oc3ccc(Cl)cc3c2n1. The first kappa shape index (κ1) is 13.0. The van der Waals surface area contributed by atoms with E-state index >= 15 is 0 Å². The van der Waals surface area contributed by atoms with Crippen LogP contribution in [-0.4, -0.2) is 23.1 Å². The van der Waals surface area contributed by atoms with E-state index in [1.54, 1.807) is 6.07 Å². The fourth-order valence-corrected chi connectivity index (χ4v) is 3.67. The molecule has 2 aromatic heterocycles. The van der Waals surface area contributed by atoms with E-state index in [1.807, 2.05) is 12.1 Å². The van der Waals surface area contributed by atoms with Gasteiger partial charge >= 0.3 is 0 Å². The van der Waals surface area contributed by atoms with Gasteiger partial charge in [0, 0.05) is 35.1 Å². The number of rotatable bonds is 1. The summed E-state index contributed by atoms with van der Waals surface area (Å²) < 4.78 is 6.01. The van der Waals surface area contributed by atoms with Gasteiger partial charge < -0.3 is 20.8 Å². The third-order valence-electron chi connectivity index (χ3n) is 4.54. The van der Waals surface area contributed by atoms with Gasteiger partial charge in [-0.3, -0.25) is 0 Å². The highest BCUT2D eigenvalue weighted by Gasteiger charge is 2.32. The quantitative estimate of drug-likeness (QED) is 0.636. The van der Waals surface area contributed by atoms with Crippen LogP contribution in [0, 0.1) is 5.92 Å². The van der Waals surface area contributed by atoms with Crippen molar-refractivity contribution in [2.45, 2.75) is 6.42 Å². The molecule has 0 amide bonds. The Kier molecular flexibility index (Phi) is 2.56. The van der Waals surface area contributed by atoms with Gasteiger partial charge in [-0.05, 0) is 24.6 Å². The summed E-state index contributed by atoms with van der Waals surface area (Å²) in [6, 6.07) is 5.48. The van der Waals surface area contributed by atoms with E-state index in [2.05, 4.69) is 20.6 Å².